The van der Waals surface area contributed by atoms with E-state index in [0.717, 1.165) is 17.6 Å². The zero-order valence-corrected chi connectivity index (χ0v) is 15.1. The van der Waals surface area contributed by atoms with Gasteiger partial charge in [0.2, 0.25) is 0 Å². The van der Waals surface area contributed by atoms with Crippen LogP contribution in [0.3, 0.4) is 0 Å². The Bertz CT molecular complexity index is 985. The molecule has 3 aromatic rings. The van der Waals surface area contributed by atoms with Crippen LogP contribution in [-0.4, -0.2) is 30.6 Å². The standard InChI is InChI=1S/C18H17F3N6O/c1-11(6-16-26-23-10-27(16)2)12-4-3-5-13(7-12)24-17(28)14-8-22-9-15(25-14)18(19,20)21/h3-5,7-11H,6H2,1-2H3,(H,24,28). The van der Waals surface area contributed by atoms with Gasteiger partial charge in [0.25, 0.3) is 5.91 Å². The number of carbonyl (C=O) groups excluding carboxylic acids is 1. The van der Waals surface area contributed by atoms with Gasteiger partial charge in [0.15, 0.2) is 5.69 Å². The van der Waals surface area contributed by atoms with Crippen LogP contribution in [0.4, 0.5) is 18.9 Å². The third kappa shape index (κ3) is 4.51. The van der Waals surface area contributed by atoms with Gasteiger partial charge < -0.3 is 9.88 Å². The van der Waals surface area contributed by atoms with E-state index in [1.165, 1.54) is 0 Å². The van der Waals surface area contributed by atoms with E-state index >= 15 is 0 Å². The van der Waals surface area contributed by atoms with Gasteiger partial charge in [0, 0.05) is 19.2 Å². The van der Waals surface area contributed by atoms with Gasteiger partial charge in [-0.25, -0.2) is 4.98 Å². The molecule has 2 heterocycles. The van der Waals surface area contributed by atoms with Crippen molar-refractivity contribution >= 4 is 11.6 Å². The Morgan fingerprint density at radius 3 is 2.75 bits per heavy atom. The van der Waals surface area contributed by atoms with Crippen LogP contribution in [0.5, 0.6) is 0 Å². The number of rotatable bonds is 5. The normalized spacial score (nSPS) is 12.6. The lowest BCUT2D eigenvalue weighted by Gasteiger charge is -2.13. The molecular weight excluding hydrogens is 373 g/mol. The monoisotopic (exact) mass is 390 g/mol. The average Bonchev–Trinajstić information content (AvgIpc) is 3.06. The van der Waals surface area contributed by atoms with Crippen molar-refractivity contribution in [2.24, 2.45) is 7.05 Å². The second kappa shape index (κ2) is 7.75. The molecule has 1 N–H and O–H groups in total. The number of alkyl halides is 3. The molecule has 0 aliphatic carbocycles. The van der Waals surface area contributed by atoms with Crippen molar-refractivity contribution < 1.29 is 18.0 Å². The number of carbonyl (C=O) groups is 1. The first-order valence-corrected chi connectivity index (χ1v) is 8.37. The van der Waals surface area contributed by atoms with Gasteiger partial charge in [-0.1, -0.05) is 19.1 Å². The molecule has 0 saturated carbocycles. The smallest absolute Gasteiger partial charge is 0.321 e. The summed E-state index contributed by atoms with van der Waals surface area (Å²) in [5, 5.41) is 10.5. The van der Waals surface area contributed by atoms with E-state index in [2.05, 4.69) is 25.5 Å². The summed E-state index contributed by atoms with van der Waals surface area (Å²) in [7, 11) is 1.86. The second-order valence-corrected chi connectivity index (χ2v) is 6.33. The van der Waals surface area contributed by atoms with Crippen molar-refractivity contribution in [1.29, 1.82) is 0 Å². The highest BCUT2D eigenvalue weighted by molar-refractivity contribution is 6.02. The lowest BCUT2D eigenvalue weighted by Crippen LogP contribution is -2.18. The Kier molecular flexibility index (Phi) is 5.39. The Balaban J connectivity index is 1.74. The number of nitrogens with one attached hydrogen (secondary N) is 1. The van der Waals surface area contributed by atoms with Gasteiger partial charge in [-0.15, -0.1) is 10.2 Å². The fraction of sp³-hybridized carbons (Fsp3) is 0.278. The summed E-state index contributed by atoms with van der Waals surface area (Å²) in [4.78, 5) is 19.1. The SMILES string of the molecule is CC(Cc1nncn1C)c1cccc(NC(=O)c2cncc(C(F)(F)F)n2)c1. The van der Waals surface area contributed by atoms with Crippen LogP contribution in [0.25, 0.3) is 0 Å². The molecule has 1 unspecified atom stereocenters. The lowest BCUT2D eigenvalue weighted by molar-refractivity contribution is -0.141. The molecule has 0 spiro atoms. The molecule has 1 atom stereocenters. The fourth-order valence-electron chi connectivity index (χ4n) is 2.61. The van der Waals surface area contributed by atoms with Crippen LogP contribution in [0.1, 0.15) is 40.4 Å². The van der Waals surface area contributed by atoms with E-state index in [-0.39, 0.29) is 5.92 Å². The number of aromatic nitrogens is 5. The minimum Gasteiger partial charge on any atom is -0.321 e. The summed E-state index contributed by atoms with van der Waals surface area (Å²) >= 11 is 0. The summed E-state index contributed by atoms with van der Waals surface area (Å²) in [6.07, 6.45) is -0.836. The molecule has 146 valence electrons. The number of hydrogen-bond acceptors (Lipinski definition) is 5. The number of nitrogens with zero attached hydrogens (tertiary/aromatic N) is 5. The van der Waals surface area contributed by atoms with Crippen molar-refractivity contribution in [1.82, 2.24) is 24.7 Å². The first-order chi connectivity index (χ1) is 13.2. The highest BCUT2D eigenvalue weighted by atomic mass is 19.4. The quantitative estimate of drug-likeness (QED) is 0.723. The van der Waals surface area contributed by atoms with E-state index < -0.39 is 23.5 Å². The van der Waals surface area contributed by atoms with Crippen molar-refractivity contribution in [2.75, 3.05) is 5.32 Å². The Morgan fingerprint density at radius 2 is 2.07 bits per heavy atom. The highest BCUT2D eigenvalue weighted by Crippen LogP contribution is 2.27. The summed E-state index contributed by atoms with van der Waals surface area (Å²) in [5.74, 6) is 0.144. The van der Waals surface area contributed by atoms with E-state index in [0.29, 0.717) is 18.3 Å². The van der Waals surface area contributed by atoms with E-state index in [1.54, 1.807) is 24.5 Å². The van der Waals surface area contributed by atoms with Crippen LogP contribution in [-0.2, 0) is 19.6 Å². The summed E-state index contributed by atoms with van der Waals surface area (Å²) in [5.41, 5.74) is -0.235. The minimum absolute atomic E-state index is 0.0908. The van der Waals surface area contributed by atoms with E-state index in [9.17, 15) is 18.0 Å². The van der Waals surface area contributed by atoms with E-state index in [4.69, 9.17) is 0 Å². The van der Waals surface area contributed by atoms with Gasteiger partial charge in [-0.3, -0.25) is 9.78 Å². The average molecular weight is 390 g/mol. The van der Waals surface area contributed by atoms with Crippen LogP contribution in [0, 0.1) is 0 Å². The number of aryl methyl sites for hydroxylation is 1. The predicted octanol–water partition coefficient (Wildman–Crippen LogP) is 3.22. The van der Waals surface area contributed by atoms with Crippen LogP contribution in [0.15, 0.2) is 43.0 Å². The molecule has 7 nitrogen and oxygen atoms in total. The third-order valence-electron chi connectivity index (χ3n) is 4.17. The molecule has 28 heavy (non-hydrogen) atoms. The van der Waals surface area contributed by atoms with Gasteiger partial charge in [0.05, 0.1) is 12.4 Å². The molecule has 0 bridgehead atoms. The van der Waals surface area contributed by atoms with Gasteiger partial charge in [-0.2, -0.15) is 13.2 Å². The van der Waals surface area contributed by atoms with Crippen molar-refractivity contribution in [3.05, 3.63) is 65.8 Å². The number of amides is 1. The molecule has 10 heteroatoms. The number of halogens is 3. The van der Waals surface area contributed by atoms with Gasteiger partial charge >= 0.3 is 6.18 Å². The molecule has 0 fully saturated rings. The number of anilines is 1. The van der Waals surface area contributed by atoms with Crippen LogP contribution >= 0.6 is 0 Å². The first kappa shape index (κ1) is 19.5. The molecule has 0 aliphatic heterocycles. The maximum absolute atomic E-state index is 12.7. The Labute approximate surface area is 158 Å². The largest absolute Gasteiger partial charge is 0.434 e. The zero-order valence-electron chi connectivity index (χ0n) is 15.1. The zero-order chi connectivity index (χ0) is 20.3. The van der Waals surface area contributed by atoms with Gasteiger partial charge in [0.1, 0.15) is 17.8 Å². The Morgan fingerprint density at radius 1 is 1.29 bits per heavy atom. The van der Waals surface area contributed by atoms with Crippen molar-refractivity contribution in [3.63, 3.8) is 0 Å². The fourth-order valence-corrected chi connectivity index (χ4v) is 2.61. The molecule has 3 rings (SSSR count). The molecule has 0 saturated heterocycles. The maximum Gasteiger partial charge on any atom is 0.434 e. The summed E-state index contributed by atoms with van der Waals surface area (Å²) < 4.78 is 40.0. The van der Waals surface area contributed by atoms with Crippen molar-refractivity contribution in [3.8, 4) is 0 Å². The molecule has 0 radical (unpaired) electrons. The molecule has 1 amide bonds. The topological polar surface area (TPSA) is 85.6 Å². The lowest BCUT2D eigenvalue weighted by atomic mass is 9.97. The Hall–Kier alpha value is -3.30. The molecule has 1 aromatic carbocycles. The van der Waals surface area contributed by atoms with Crippen LogP contribution < -0.4 is 5.32 Å². The number of benzene rings is 1. The first-order valence-electron chi connectivity index (χ1n) is 8.37. The maximum atomic E-state index is 12.7. The molecule has 2 aromatic heterocycles. The highest BCUT2D eigenvalue weighted by Gasteiger charge is 2.33. The predicted molar refractivity (Wildman–Crippen MR) is 94.6 cm³/mol. The van der Waals surface area contributed by atoms with E-state index in [1.807, 2.05) is 24.6 Å². The number of hydrogen-bond donors (Lipinski definition) is 1. The second-order valence-electron chi connectivity index (χ2n) is 6.33. The molecular formula is C18H17F3N6O. The summed E-state index contributed by atoms with van der Waals surface area (Å²) in [6, 6.07) is 7.08. The summed E-state index contributed by atoms with van der Waals surface area (Å²) in [6.45, 7) is 2.01. The van der Waals surface area contributed by atoms with Gasteiger partial charge in [-0.05, 0) is 23.6 Å². The van der Waals surface area contributed by atoms with Crippen molar-refractivity contribution in [2.45, 2.75) is 25.4 Å². The minimum atomic E-state index is -4.67. The molecule has 0 aliphatic rings. The third-order valence-corrected chi connectivity index (χ3v) is 4.17. The van der Waals surface area contributed by atoms with Crippen LogP contribution in [0.2, 0.25) is 0 Å².